The SMILES string of the molecule is NC(=S)c1cc(F)c(-n2cc(Br)cn2)c(F)c1. The van der Waals surface area contributed by atoms with E-state index in [4.69, 9.17) is 5.73 Å². The summed E-state index contributed by atoms with van der Waals surface area (Å²) in [5, 5.41) is 3.81. The van der Waals surface area contributed by atoms with Crippen LogP contribution in [-0.4, -0.2) is 14.8 Å². The van der Waals surface area contributed by atoms with Crippen molar-refractivity contribution in [2.24, 2.45) is 5.73 Å². The third-order valence-corrected chi connectivity index (χ3v) is 2.73. The molecule has 0 fully saturated rings. The number of hydrogen-bond acceptors (Lipinski definition) is 2. The maximum atomic E-state index is 13.7. The summed E-state index contributed by atoms with van der Waals surface area (Å²) in [5.41, 5.74) is 5.19. The molecular formula is C10H6BrF2N3S. The van der Waals surface area contributed by atoms with Crippen molar-refractivity contribution in [2.45, 2.75) is 0 Å². The highest BCUT2D eigenvalue weighted by atomic mass is 79.9. The molecule has 0 amide bonds. The molecule has 0 unspecified atom stereocenters. The molecule has 2 aromatic rings. The fourth-order valence-corrected chi connectivity index (χ4v) is 1.75. The normalized spacial score (nSPS) is 10.5. The van der Waals surface area contributed by atoms with Gasteiger partial charge in [-0.2, -0.15) is 5.10 Å². The van der Waals surface area contributed by atoms with Crippen molar-refractivity contribution in [1.29, 1.82) is 0 Å². The summed E-state index contributed by atoms with van der Waals surface area (Å²) in [7, 11) is 0. The van der Waals surface area contributed by atoms with E-state index in [-0.39, 0.29) is 16.2 Å². The van der Waals surface area contributed by atoms with Crippen LogP contribution in [0, 0.1) is 11.6 Å². The number of rotatable bonds is 2. The van der Waals surface area contributed by atoms with E-state index in [1.807, 2.05) is 0 Å². The largest absolute Gasteiger partial charge is 0.389 e. The molecule has 3 nitrogen and oxygen atoms in total. The van der Waals surface area contributed by atoms with E-state index in [9.17, 15) is 8.78 Å². The van der Waals surface area contributed by atoms with Crippen molar-refractivity contribution in [3.05, 3.63) is 46.2 Å². The average Bonchev–Trinajstić information content (AvgIpc) is 2.63. The molecule has 88 valence electrons. The van der Waals surface area contributed by atoms with Crippen LogP contribution in [0.4, 0.5) is 8.78 Å². The number of nitrogens with zero attached hydrogens (tertiary/aromatic N) is 2. The highest BCUT2D eigenvalue weighted by Gasteiger charge is 2.15. The van der Waals surface area contributed by atoms with Crippen molar-refractivity contribution in [3.63, 3.8) is 0 Å². The molecule has 0 atom stereocenters. The van der Waals surface area contributed by atoms with E-state index in [1.165, 1.54) is 12.4 Å². The van der Waals surface area contributed by atoms with Gasteiger partial charge in [-0.05, 0) is 28.1 Å². The highest BCUT2D eigenvalue weighted by Crippen LogP contribution is 2.21. The lowest BCUT2D eigenvalue weighted by Gasteiger charge is -2.07. The summed E-state index contributed by atoms with van der Waals surface area (Å²) in [6, 6.07) is 2.16. The molecular weight excluding hydrogens is 312 g/mol. The first-order valence-corrected chi connectivity index (χ1v) is 5.68. The van der Waals surface area contributed by atoms with Crippen LogP contribution in [-0.2, 0) is 0 Å². The number of aromatic nitrogens is 2. The average molecular weight is 318 g/mol. The third kappa shape index (κ3) is 2.34. The van der Waals surface area contributed by atoms with Crippen LogP contribution in [0.5, 0.6) is 0 Å². The number of hydrogen-bond donors (Lipinski definition) is 1. The standard InChI is InChI=1S/C10H6BrF2N3S/c11-6-3-15-16(4-6)9-7(12)1-5(10(14)17)2-8(9)13/h1-4H,(H2,14,17). The number of nitrogens with two attached hydrogens (primary N) is 1. The fourth-order valence-electron chi connectivity index (χ4n) is 1.35. The second kappa shape index (κ2) is 4.50. The van der Waals surface area contributed by atoms with Gasteiger partial charge >= 0.3 is 0 Å². The molecule has 2 rings (SSSR count). The van der Waals surface area contributed by atoms with Gasteiger partial charge in [0.25, 0.3) is 0 Å². The molecule has 0 saturated carbocycles. The molecule has 0 saturated heterocycles. The Morgan fingerprint density at radius 1 is 1.35 bits per heavy atom. The van der Waals surface area contributed by atoms with Gasteiger partial charge in [-0.1, -0.05) is 12.2 Å². The molecule has 1 heterocycles. The molecule has 1 aromatic carbocycles. The van der Waals surface area contributed by atoms with Crippen molar-refractivity contribution < 1.29 is 8.78 Å². The molecule has 0 bridgehead atoms. The third-order valence-electron chi connectivity index (χ3n) is 2.08. The van der Waals surface area contributed by atoms with Crippen LogP contribution in [0.15, 0.2) is 29.0 Å². The van der Waals surface area contributed by atoms with Gasteiger partial charge in [0.2, 0.25) is 0 Å². The first-order chi connectivity index (χ1) is 7.99. The zero-order valence-electron chi connectivity index (χ0n) is 8.32. The zero-order valence-corrected chi connectivity index (χ0v) is 10.7. The van der Waals surface area contributed by atoms with Crippen molar-refractivity contribution >= 4 is 33.1 Å². The van der Waals surface area contributed by atoms with Crippen LogP contribution in [0.25, 0.3) is 5.69 Å². The Bertz CT molecular complexity index is 574. The molecule has 0 radical (unpaired) electrons. The Labute approximate surface area is 109 Å². The van der Waals surface area contributed by atoms with E-state index in [0.717, 1.165) is 16.8 Å². The molecule has 0 aliphatic rings. The molecule has 0 aliphatic heterocycles. The summed E-state index contributed by atoms with van der Waals surface area (Å²) in [4.78, 5) is -0.0593. The predicted octanol–water partition coefficient (Wildman–Crippen LogP) is 2.55. The van der Waals surface area contributed by atoms with Gasteiger partial charge in [0.15, 0.2) is 11.6 Å². The van der Waals surface area contributed by atoms with Gasteiger partial charge in [0.05, 0.1) is 10.7 Å². The van der Waals surface area contributed by atoms with Gasteiger partial charge in [0.1, 0.15) is 10.7 Å². The lowest BCUT2D eigenvalue weighted by molar-refractivity contribution is 0.559. The van der Waals surface area contributed by atoms with E-state index in [0.29, 0.717) is 4.47 Å². The first kappa shape index (κ1) is 12.1. The maximum absolute atomic E-state index is 13.7. The number of halogens is 3. The Morgan fingerprint density at radius 2 is 1.94 bits per heavy atom. The minimum absolute atomic E-state index is 0.0593. The van der Waals surface area contributed by atoms with Gasteiger partial charge in [-0.3, -0.25) is 0 Å². The Balaban J connectivity index is 2.60. The smallest absolute Gasteiger partial charge is 0.152 e. The van der Waals surface area contributed by atoms with Crippen molar-refractivity contribution in [1.82, 2.24) is 9.78 Å². The predicted molar refractivity (Wildman–Crippen MR) is 67.1 cm³/mol. The van der Waals surface area contributed by atoms with E-state index in [2.05, 4.69) is 33.2 Å². The maximum Gasteiger partial charge on any atom is 0.152 e. The first-order valence-electron chi connectivity index (χ1n) is 4.48. The molecule has 0 aliphatic carbocycles. The molecule has 1 aromatic heterocycles. The van der Waals surface area contributed by atoms with Crippen molar-refractivity contribution in [2.75, 3.05) is 0 Å². The number of benzene rings is 1. The monoisotopic (exact) mass is 317 g/mol. The van der Waals surface area contributed by atoms with Crippen LogP contribution in [0.3, 0.4) is 0 Å². The van der Waals surface area contributed by atoms with Gasteiger partial charge in [-0.25, -0.2) is 13.5 Å². The Kier molecular flexibility index (Phi) is 3.21. The fraction of sp³-hybridized carbons (Fsp3) is 0. The quantitative estimate of drug-likeness (QED) is 0.866. The second-order valence-electron chi connectivity index (χ2n) is 3.26. The van der Waals surface area contributed by atoms with E-state index >= 15 is 0 Å². The summed E-state index contributed by atoms with van der Waals surface area (Å²) in [5.74, 6) is -1.55. The molecule has 7 heteroatoms. The lowest BCUT2D eigenvalue weighted by Crippen LogP contribution is -2.12. The van der Waals surface area contributed by atoms with Crippen LogP contribution in [0.2, 0.25) is 0 Å². The van der Waals surface area contributed by atoms with Gasteiger partial charge in [0, 0.05) is 11.8 Å². The van der Waals surface area contributed by atoms with E-state index in [1.54, 1.807) is 0 Å². The summed E-state index contributed by atoms with van der Waals surface area (Å²) in [6.07, 6.45) is 2.88. The van der Waals surface area contributed by atoms with Gasteiger partial charge in [-0.15, -0.1) is 0 Å². The molecule has 2 N–H and O–H groups in total. The zero-order chi connectivity index (χ0) is 12.6. The molecule has 0 spiro atoms. The highest BCUT2D eigenvalue weighted by molar-refractivity contribution is 9.10. The topological polar surface area (TPSA) is 43.8 Å². The van der Waals surface area contributed by atoms with Crippen LogP contribution < -0.4 is 5.73 Å². The molecule has 17 heavy (non-hydrogen) atoms. The van der Waals surface area contributed by atoms with Crippen LogP contribution in [0.1, 0.15) is 5.56 Å². The second-order valence-corrected chi connectivity index (χ2v) is 4.61. The van der Waals surface area contributed by atoms with Crippen LogP contribution >= 0.6 is 28.1 Å². The summed E-state index contributed by atoms with van der Waals surface area (Å²) >= 11 is 7.81. The number of thiocarbonyl (C=S) groups is 1. The van der Waals surface area contributed by atoms with Crippen molar-refractivity contribution in [3.8, 4) is 5.69 Å². The minimum atomic E-state index is -0.775. The Morgan fingerprint density at radius 3 is 2.35 bits per heavy atom. The van der Waals surface area contributed by atoms with E-state index < -0.39 is 11.6 Å². The summed E-state index contributed by atoms with van der Waals surface area (Å²) in [6.45, 7) is 0. The summed E-state index contributed by atoms with van der Waals surface area (Å²) < 4.78 is 29.2. The Hall–Kier alpha value is -1.34. The lowest BCUT2D eigenvalue weighted by atomic mass is 10.2. The van der Waals surface area contributed by atoms with Gasteiger partial charge < -0.3 is 5.73 Å². The minimum Gasteiger partial charge on any atom is -0.389 e.